The molecule has 0 atom stereocenters. The molecule has 0 unspecified atom stereocenters. The van der Waals surface area contributed by atoms with Crippen LogP contribution in [0.5, 0.6) is 5.75 Å². The van der Waals surface area contributed by atoms with Gasteiger partial charge in [-0.1, -0.05) is 18.2 Å². The van der Waals surface area contributed by atoms with E-state index in [4.69, 9.17) is 4.74 Å². The molecule has 0 aliphatic heterocycles. The number of benzene rings is 2. The third-order valence-corrected chi connectivity index (χ3v) is 3.40. The zero-order chi connectivity index (χ0) is 14.7. The number of carbonyl (C=O) groups excluding carboxylic acids is 1. The number of methoxy groups -OCH3 is 1. The van der Waals surface area contributed by atoms with Crippen LogP contribution in [-0.2, 0) is 11.2 Å². The number of para-hydroxylation sites is 1. The van der Waals surface area contributed by atoms with Crippen LogP contribution >= 0.6 is 0 Å². The first kappa shape index (κ1) is 13.2. The molecule has 0 aliphatic carbocycles. The number of nitrogens with one attached hydrogen (secondary N) is 2. The number of aromatic amines is 1. The number of aromatic nitrogens is 1. The molecule has 0 bridgehead atoms. The maximum atomic E-state index is 12.1. The second kappa shape index (κ2) is 5.71. The van der Waals surface area contributed by atoms with E-state index in [0.717, 1.165) is 27.9 Å². The van der Waals surface area contributed by atoms with Gasteiger partial charge in [0.25, 0.3) is 0 Å². The quantitative estimate of drug-likeness (QED) is 0.770. The summed E-state index contributed by atoms with van der Waals surface area (Å²) in [6.07, 6.45) is 2.23. The van der Waals surface area contributed by atoms with Crippen LogP contribution in [0.25, 0.3) is 10.9 Å². The molecule has 0 radical (unpaired) electrons. The van der Waals surface area contributed by atoms with Gasteiger partial charge in [-0.05, 0) is 35.9 Å². The third-order valence-electron chi connectivity index (χ3n) is 3.40. The monoisotopic (exact) mass is 280 g/mol. The summed E-state index contributed by atoms with van der Waals surface area (Å²) in [5.74, 6) is 0.731. The summed E-state index contributed by atoms with van der Waals surface area (Å²) < 4.78 is 5.09. The Morgan fingerprint density at radius 2 is 1.90 bits per heavy atom. The van der Waals surface area contributed by atoms with Crippen molar-refractivity contribution in [3.63, 3.8) is 0 Å². The van der Waals surface area contributed by atoms with Gasteiger partial charge in [0.1, 0.15) is 5.75 Å². The zero-order valence-corrected chi connectivity index (χ0v) is 11.7. The van der Waals surface area contributed by atoms with Gasteiger partial charge in [0.15, 0.2) is 0 Å². The van der Waals surface area contributed by atoms with Crippen LogP contribution in [-0.4, -0.2) is 18.0 Å². The number of ether oxygens (including phenoxy) is 1. The molecule has 2 N–H and O–H groups in total. The molecule has 1 heterocycles. The van der Waals surface area contributed by atoms with E-state index in [9.17, 15) is 4.79 Å². The fraction of sp³-hybridized carbons (Fsp3) is 0.118. The zero-order valence-electron chi connectivity index (χ0n) is 11.7. The van der Waals surface area contributed by atoms with Gasteiger partial charge in [-0.3, -0.25) is 4.79 Å². The number of carbonyl (C=O) groups is 1. The van der Waals surface area contributed by atoms with Gasteiger partial charge in [-0.2, -0.15) is 0 Å². The highest BCUT2D eigenvalue weighted by Gasteiger charge is 2.08. The van der Waals surface area contributed by atoms with E-state index in [1.165, 1.54) is 0 Å². The molecule has 0 fully saturated rings. The molecule has 21 heavy (non-hydrogen) atoms. The summed E-state index contributed by atoms with van der Waals surface area (Å²) >= 11 is 0. The summed E-state index contributed by atoms with van der Waals surface area (Å²) in [4.78, 5) is 15.3. The van der Waals surface area contributed by atoms with Crippen molar-refractivity contribution in [2.24, 2.45) is 0 Å². The molecule has 4 heteroatoms. The van der Waals surface area contributed by atoms with Gasteiger partial charge in [-0.25, -0.2) is 0 Å². The molecule has 1 aromatic heterocycles. The van der Waals surface area contributed by atoms with Gasteiger partial charge >= 0.3 is 0 Å². The molecule has 0 saturated carbocycles. The normalized spacial score (nSPS) is 10.5. The van der Waals surface area contributed by atoms with Crippen LogP contribution < -0.4 is 10.1 Å². The molecule has 106 valence electrons. The summed E-state index contributed by atoms with van der Waals surface area (Å²) in [5, 5.41) is 3.97. The van der Waals surface area contributed by atoms with Crippen molar-refractivity contribution < 1.29 is 9.53 Å². The Hall–Kier alpha value is -2.75. The van der Waals surface area contributed by atoms with Gasteiger partial charge in [0, 0.05) is 22.8 Å². The van der Waals surface area contributed by atoms with Gasteiger partial charge in [0.05, 0.1) is 13.5 Å². The first-order chi connectivity index (χ1) is 10.3. The molecular weight excluding hydrogens is 264 g/mol. The molecule has 0 spiro atoms. The molecule has 3 rings (SSSR count). The van der Waals surface area contributed by atoms with Crippen molar-refractivity contribution in [3.8, 4) is 5.75 Å². The van der Waals surface area contributed by atoms with Crippen LogP contribution in [0.1, 0.15) is 5.56 Å². The Kier molecular flexibility index (Phi) is 3.60. The Bertz CT molecular complexity index is 760. The van der Waals surface area contributed by atoms with Crippen LogP contribution in [0.2, 0.25) is 0 Å². The van der Waals surface area contributed by atoms with Crippen LogP contribution in [0, 0.1) is 0 Å². The highest BCUT2D eigenvalue weighted by atomic mass is 16.5. The number of H-pyrrole nitrogens is 1. The second-order valence-corrected chi connectivity index (χ2v) is 4.81. The number of hydrogen-bond acceptors (Lipinski definition) is 2. The van der Waals surface area contributed by atoms with Crippen molar-refractivity contribution in [3.05, 3.63) is 60.3 Å². The largest absolute Gasteiger partial charge is 0.497 e. The van der Waals surface area contributed by atoms with E-state index in [1.807, 2.05) is 54.7 Å². The van der Waals surface area contributed by atoms with Gasteiger partial charge in [-0.15, -0.1) is 0 Å². The standard InChI is InChI=1S/C17H16N2O2/c1-21-14-8-6-13(7-9-14)19-17(20)10-12-11-18-16-5-3-2-4-15(12)16/h2-9,11,18H,10H2,1H3,(H,19,20). The number of fused-ring (bicyclic) bond motifs is 1. The van der Waals surface area contributed by atoms with E-state index in [2.05, 4.69) is 10.3 Å². The Morgan fingerprint density at radius 3 is 2.67 bits per heavy atom. The van der Waals surface area contributed by atoms with E-state index in [1.54, 1.807) is 7.11 Å². The SMILES string of the molecule is COc1ccc(NC(=O)Cc2c[nH]c3ccccc23)cc1. The van der Waals surface area contributed by atoms with E-state index in [-0.39, 0.29) is 5.91 Å². The first-order valence-electron chi connectivity index (χ1n) is 6.75. The lowest BCUT2D eigenvalue weighted by Crippen LogP contribution is -2.14. The lowest BCUT2D eigenvalue weighted by Gasteiger charge is -2.06. The maximum absolute atomic E-state index is 12.1. The Labute approximate surface area is 122 Å². The second-order valence-electron chi connectivity index (χ2n) is 4.81. The predicted octanol–water partition coefficient (Wildman–Crippen LogP) is 3.36. The van der Waals surface area contributed by atoms with Gasteiger partial charge in [0.2, 0.25) is 5.91 Å². The summed E-state index contributed by atoms with van der Waals surface area (Å²) in [7, 11) is 1.62. The summed E-state index contributed by atoms with van der Waals surface area (Å²) in [6, 6.07) is 15.3. The highest BCUT2D eigenvalue weighted by Crippen LogP contribution is 2.19. The Morgan fingerprint density at radius 1 is 1.14 bits per heavy atom. The van der Waals surface area contributed by atoms with Crippen LogP contribution in [0.3, 0.4) is 0 Å². The molecule has 2 aromatic carbocycles. The third kappa shape index (κ3) is 2.89. The number of anilines is 1. The number of amides is 1. The van der Waals surface area contributed by atoms with Crippen LogP contribution in [0.4, 0.5) is 5.69 Å². The predicted molar refractivity (Wildman–Crippen MR) is 83.6 cm³/mol. The summed E-state index contributed by atoms with van der Waals surface area (Å²) in [6.45, 7) is 0. The molecular formula is C17H16N2O2. The maximum Gasteiger partial charge on any atom is 0.228 e. The van der Waals surface area contributed by atoms with Crippen molar-refractivity contribution in [2.75, 3.05) is 12.4 Å². The number of hydrogen-bond donors (Lipinski definition) is 2. The fourth-order valence-electron chi connectivity index (χ4n) is 2.33. The van der Waals surface area contributed by atoms with Gasteiger partial charge < -0.3 is 15.0 Å². The summed E-state index contributed by atoms with van der Waals surface area (Å²) in [5.41, 5.74) is 2.81. The van der Waals surface area contributed by atoms with Crippen molar-refractivity contribution in [1.82, 2.24) is 4.98 Å². The molecule has 3 aromatic rings. The van der Waals surface area contributed by atoms with E-state index < -0.39 is 0 Å². The molecule has 1 amide bonds. The van der Waals surface area contributed by atoms with Crippen LogP contribution in [0.15, 0.2) is 54.7 Å². The minimum absolute atomic E-state index is 0.0371. The van der Waals surface area contributed by atoms with Crippen molar-refractivity contribution >= 4 is 22.5 Å². The van der Waals surface area contributed by atoms with E-state index in [0.29, 0.717) is 6.42 Å². The average Bonchev–Trinajstić information content (AvgIpc) is 2.91. The van der Waals surface area contributed by atoms with E-state index >= 15 is 0 Å². The number of rotatable bonds is 4. The minimum Gasteiger partial charge on any atom is -0.497 e. The molecule has 0 saturated heterocycles. The lowest BCUT2D eigenvalue weighted by atomic mass is 10.1. The van der Waals surface area contributed by atoms with Crippen molar-refractivity contribution in [2.45, 2.75) is 6.42 Å². The minimum atomic E-state index is -0.0371. The molecule has 4 nitrogen and oxygen atoms in total. The average molecular weight is 280 g/mol. The Balaban J connectivity index is 1.71. The first-order valence-corrected chi connectivity index (χ1v) is 6.75. The fourth-order valence-corrected chi connectivity index (χ4v) is 2.33. The topological polar surface area (TPSA) is 54.1 Å². The van der Waals surface area contributed by atoms with Crippen molar-refractivity contribution in [1.29, 1.82) is 0 Å². The molecule has 0 aliphatic rings. The highest BCUT2D eigenvalue weighted by molar-refractivity contribution is 5.95. The lowest BCUT2D eigenvalue weighted by molar-refractivity contribution is -0.115. The smallest absolute Gasteiger partial charge is 0.228 e.